The molecule has 0 saturated heterocycles. The Morgan fingerprint density at radius 3 is 2.89 bits per heavy atom. The lowest BCUT2D eigenvalue weighted by Gasteiger charge is -2.04. The smallest absolute Gasteiger partial charge is 0.271 e. The molecule has 0 amide bonds. The van der Waals surface area contributed by atoms with Gasteiger partial charge in [-0.05, 0) is 25.2 Å². The van der Waals surface area contributed by atoms with Crippen LogP contribution in [0.4, 0.5) is 4.39 Å². The van der Waals surface area contributed by atoms with E-state index < -0.39 is 5.82 Å². The average Bonchev–Trinajstić information content (AvgIpc) is 2.61. The summed E-state index contributed by atoms with van der Waals surface area (Å²) in [5.74, 6) is -0.418. The van der Waals surface area contributed by atoms with E-state index in [1.807, 2.05) is 0 Å². The molecule has 6 heteroatoms. The van der Waals surface area contributed by atoms with Gasteiger partial charge in [-0.15, -0.1) is 0 Å². The van der Waals surface area contributed by atoms with Gasteiger partial charge in [0.15, 0.2) is 0 Å². The van der Waals surface area contributed by atoms with Crippen molar-refractivity contribution in [2.45, 2.75) is 6.54 Å². The first-order valence-corrected chi connectivity index (χ1v) is 5.80. The molecular formula is C12H13ClFN3O. The van der Waals surface area contributed by atoms with Crippen molar-refractivity contribution in [2.75, 3.05) is 7.05 Å². The van der Waals surface area contributed by atoms with Crippen LogP contribution in [0, 0.1) is 5.82 Å². The normalized spacial score (nSPS) is 10.9. The highest BCUT2D eigenvalue weighted by Crippen LogP contribution is 2.26. The van der Waals surface area contributed by atoms with Crippen LogP contribution >= 0.6 is 11.6 Å². The van der Waals surface area contributed by atoms with E-state index in [4.69, 9.17) is 11.6 Å². The molecule has 0 atom stereocenters. The molecule has 2 rings (SSSR count). The minimum Gasteiger partial charge on any atom is -0.315 e. The van der Waals surface area contributed by atoms with Crippen molar-refractivity contribution >= 4 is 11.6 Å². The first-order chi connectivity index (χ1) is 8.54. The molecule has 0 aliphatic heterocycles. The topological polar surface area (TPSA) is 49.8 Å². The van der Waals surface area contributed by atoms with E-state index in [1.54, 1.807) is 14.1 Å². The zero-order chi connectivity index (χ0) is 13.3. The molecule has 2 aromatic rings. The molecule has 96 valence electrons. The van der Waals surface area contributed by atoms with Crippen molar-refractivity contribution in [3.63, 3.8) is 0 Å². The second-order valence-corrected chi connectivity index (χ2v) is 4.42. The molecule has 0 saturated carbocycles. The summed E-state index contributed by atoms with van der Waals surface area (Å²) >= 11 is 5.86. The third-order valence-electron chi connectivity index (χ3n) is 2.70. The zero-order valence-corrected chi connectivity index (χ0v) is 10.8. The summed E-state index contributed by atoms with van der Waals surface area (Å²) in [5, 5.41) is 6.16. The SMILES string of the molecule is CNCc1c(-c2cc(Cl)ccc2F)[nH]n(C)c1=O. The van der Waals surface area contributed by atoms with Crippen molar-refractivity contribution in [2.24, 2.45) is 7.05 Å². The molecule has 0 aliphatic carbocycles. The number of benzene rings is 1. The summed E-state index contributed by atoms with van der Waals surface area (Å²) in [6.45, 7) is 0.359. The summed E-state index contributed by atoms with van der Waals surface area (Å²) in [4.78, 5) is 11.9. The van der Waals surface area contributed by atoms with Crippen LogP contribution in [0.15, 0.2) is 23.0 Å². The number of nitrogens with one attached hydrogen (secondary N) is 2. The van der Waals surface area contributed by atoms with Gasteiger partial charge in [0.1, 0.15) is 5.82 Å². The predicted octanol–water partition coefficient (Wildman–Crippen LogP) is 1.89. The molecule has 0 bridgehead atoms. The highest BCUT2D eigenvalue weighted by molar-refractivity contribution is 6.30. The number of rotatable bonds is 3. The molecule has 0 spiro atoms. The van der Waals surface area contributed by atoms with Gasteiger partial charge in [0, 0.05) is 24.2 Å². The molecule has 1 aromatic heterocycles. The lowest BCUT2D eigenvalue weighted by Crippen LogP contribution is -2.19. The van der Waals surface area contributed by atoms with Crippen molar-refractivity contribution < 1.29 is 4.39 Å². The van der Waals surface area contributed by atoms with Crippen LogP contribution in [0.1, 0.15) is 5.56 Å². The molecule has 18 heavy (non-hydrogen) atoms. The van der Waals surface area contributed by atoms with Crippen molar-refractivity contribution in [3.05, 3.63) is 45.0 Å². The molecule has 0 fully saturated rings. The van der Waals surface area contributed by atoms with E-state index in [-0.39, 0.29) is 5.56 Å². The van der Waals surface area contributed by atoms with Crippen LogP contribution in [-0.2, 0) is 13.6 Å². The molecule has 1 aromatic carbocycles. The van der Waals surface area contributed by atoms with Gasteiger partial charge in [-0.2, -0.15) is 0 Å². The molecular weight excluding hydrogens is 257 g/mol. The monoisotopic (exact) mass is 269 g/mol. The van der Waals surface area contributed by atoms with E-state index in [1.165, 1.54) is 22.9 Å². The number of nitrogens with zero attached hydrogens (tertiary/aromatic N) is 1. The number of H-pyrrole nitrogens is 1. The van der Waals surface area contributed by atoms with E-state index in [0.717, 1.165) is 0 Å². The van der Waals surface area contributed by atoms with Gasteiger partial charge in [0.05, 0.1) is 11.3 Å². The minimum absolute atomic E-state index is 0.182. The minimum atomic E-state index is -0.418. The predicted molar refractivity (Wildman–Crippen MR) is 69.2 cm³/mol. The quantitative estimate of drug-likeness (QED) is 0.894. The highest BCUT2D eigenvalue weighted by Gasteiger charge is 2.16. The summed E-state index contributed by atoms with van der Waals surface area (Å²) in [5.41, 5.74) is 1.06. The lowest BCUT2D eigenvalue weighted by molar-refractivity contribution is 0.629. The van der Waals surface area contributed by atoms with E-state index in [2.05, 4.69) is 10.4 Å². The van der Waals surface area contributed by atoms with E-state index in [0.29, 0.717) is 28.4 Å². The largest absolute Gasteiger partial charge is 0.315 e. The van der Waals surface area contributed by atoms with Gasteiger partial charge < -0.3 is 5.32 Å². The van der Waals surface area contributed by atoms with Crippen LogP contribution in [0.25, 0.3) is 11.3 Å². The highest BCUT2D eigenvalue weighted by atomic mass is 35.5. The van der Waals surface area contributed by atoms with Crippen LogP contribution in [0.3, 0.4) is 0 Å². The van der Waals surface area contributed by atoms with Crippen LogP contribution in [-0.4, -0.2) is 16.8 Å². The average molecular weight is 270 g/mol. The van der Waals surface area contributed by atoms with Gasteiger partial charge in [-0.3, -0.25) is 14.6 Å². The molecule has 0 unspecified atom stereocenters. The third kappa shape index (κ3) is 2.19. The molecule has 1 heterocycles. The number of hydrogen-bond donors (Lipinski definition) is 2. The fourth-order valence-electron chi connectivity index (χ4n) is 1.85. The second-order valence-electron chi connectivity index (χ2n) is 3.98. The van der Waals surface area contributed by atoms with E-state index in [9.17, 15) is 9.18 Å². The Kier molecular flexibility index (Phi) is 3.54. The number of aromatic amines is 1. The molecule has 4 nitrogen and oxygen atoms in total. The number of halogens is 2. The zero-order valence-electron chi connectivity index (χ0n) is 10.1. The van der Waals surface area contributed by atoms with Crippen molar-refractivity contribution in [3.8, 4) is 11.3 Å². The first-order valence-electron chi connectivity index (χ1n) is 5.42. The van der Waals surface area contributed by atoms with E-state index >= 15 is 0 Å². The summed E-state index contributed by atoms with van der Waals surface area (Å²) < 4.78 is 15.1. The van der Waals surface area contributed by atoms with Gasteiger partial charge >= 0.3 is 0 Å². The van der Waals surface area contributed by atoms with Crippen LogP contribution in [0.5, 0.6) is 0 Å². The summed E-state index contributed by atoms with van der Waals surface area (Å²) in [6, 6.07) is 4.26. The Morgan fingerprint density at radius 1 is 1.50 bits per heavy atom. The van der Waals surface area contributed by atoms with Crippen molar-refractivity contribution in [1.29, 1.82) is 0 Å². The molecule has 0 aliphatic rings. The Morgan fingerprint density at radius 2 is 2.22 bits per heavy atom. The third-order valence-corrected chi connectivity index (χ3v) is 2.93. The number of aryl methyl sites for hydroxylation is 1. The first kappa shape index (κ1) is 12.9. The van der Waals surface area contributed by atoms with Gasteiger partial charge in [0.25, 0.3) is 5.56 Å². The number of hydrogen-bond acceptors (Lipinski definition) is 2. The van der Waals surface area contributed by atoms with Crippen molar-refractivity contribution in [1.82, 2.24) is 15.1 Å². The van der Waals surface area contributed by atoms with Gasteiger partial charge in [0.2, 0.25) is 0 Å². The maximum Gasteiger partial charge on any atom is 0.271 e. The molecule has 0 radical (unpaired) electrons. The Balaban J connectivity index is 2.67. The lowest BCUT2D eigenvalue weighted by atomic mass is 10.1. The van der Waals surface area contributed by atoms with Crippen LogP contribution < -0.4 is 10.9 Å². The Labute approximate surface area is 108 Å². The number of aromatic nitrogens is 2. The maximum absolute atomic E-state index is 13.8. The Hall–Kier alpha value is -1.59. The maximum atomic E-state index is 13.8. The summed E-state index contributed by atoms with van der Waals surface area (Å²) in [6.07, 6.45) is 0. The summed E-state index contributed by atoms with van der Waals surface area (Å²) in [7, 11) is 3.32. The van der Waals surface area contributed by atoms with Gasteiger partial charge in [-0.1, -0.05) is 11.6 Å². The van der Waals surface area contributed by atoms with Gasteiger partial charge in [-0.25, -0.2) is 4.39 Å². The fraction of sp³-hybridized carbons (Fsp3) is 0.250. The fourth-order valence-corrected chi connectivity index (χ4v) is 2.02. The van der Waals surface area contributed by atoms with Crippen LogP contribution in [0.2, 0.25) is 5.02 Å². The molecule has 2 N–H and O–H groups in total. The second kappa shape index (κ2) is 4.96. The Bertz CT molecular complexity index is 633. The standard InChI is InChI=1S/C12H13ClFN3O/c1-15-6-9-11(16-17(2)12(9)18)8-5-7(13)3-4-10(8)14/h3-5,15-16H,6H2,1-2H3.